The minimum atomic E-state index is 0. The average Bonchev–Trinajstić information content (AvgIpc) is 2.70. The number of aliphatic hydroxyl groups excluding tert-OH is 1. The Morgan fingerprint density at radius 2 is 1.83 bits per heavy atom. The predicted octanol–water partition coefficient (Wildman–Crippen LogP) is 3.19. The van der Waals surface area contributed by atoms with Gasteiger partial charge in [-0.05, 0) is 26.2 Å². The Labute approximate surface area is 124 Å². The van der Waals surface area contributed by atoms with Crippen molar-refractivity contribution in [2.45, 2.75) is 59.8 Å². The SMILES string of the molecule is CC.CC.Cc1nc2c(n1C)CCCC2CO.[V]. The third-order valence-corrected chi connectivity index (χ3v) is 3.04. The molecular weight excluding hydrogens is 263 g/mol. The van der Waals surface area contributed by atoms with Crippen LogP contribution in [0.5, 0.6) is 0 Å². The molecule has 0 saturated carbocycles. The fourth-order valence-corrected chi connectivity index (χ4v) is 2.13. The van der Waals surface area contributed by atoms with E-state index in [1.807, 2.05) is 34.6 Å². The summed E-state index contributed by atoms with van der Waals surface area (Å²) >= 11 is 0. The molecule has 1 aliphatic carbocycles. The van der Waals surface area contributed by atoms with Gasteiger partial charge in [0, 0.05) is 37.2 Å². The van der Waals surface area contributed by atoms with Gasteiger partial charge in [-0.3, -0.25) is 0 Å². The van der Waals surface area contributed by atoms with E-state index >= 15 is 0 Å². The van der Waals surface area contributed by atoms with Crippen molar-refractivity contribution in [3.8, 4) is 0 Å². The van der Waals surface area contributed by atoms with Gasteiger partial charge in [0.05, 0.1) is 12.3 Å². The van der Waals surface area contributed by atoms with Crippen LogP contribution in [0.4, 0.5) is 0 Å². The fraction of sp³-hybridized carbons (Fsp3) is 0.786. The monoisotopic (exact) mass is 291 g/mol. The molecule has 2 rings (SSSR count). The van der Waals surface area contributed by atoms with Crippen molar-refractivity contribution in [1.29, 1.82) is 0 Å². The second-order valence-corrected chi connectivity index (χ2v) is 3.82. The molecule has 1 N–H and O–H groups in total. The Bertz CT molecular complexity index is 324. The Kier molecular flexibility index (Phi) is 11.9. The molecule has 1 heterocycles. The summed E-state index contributed by atoms with van der Waals surface area (Å²) in [5.41, 5.74) is 2.46. The number of rotatable bonds is 1. The summed E-state index contributed by atoms with van der Waals surface area (Å²) < 4.78 is 2.15. The van der Waals surface area contributed by atoms with E-state index in [1.54, 1.807) is 0 Å². The standard InChI is InChI=1S/C10H16N2O.2C2H6.V/c1-7-11-10-8(6-13)4-3-5-9(10)12(7)2;2*1-2;/h8,13H,3-6H2,1-2H3;2*1-2H3;. The maximum Gasteiger partial charge on any atom is 0.105 e. The molecule has 0 aliphatic heterocycles. The smallest absolute Gasteiger partial charge is 0.105 e. The molecular formula is C14H28N2OV. The number of hydrogen-bond donors (Lipinski definition) is 1. The molecule has 0 amide bonds. The molecule has 0 aromatic carbocycles. The molecule has 0 bridgehead atoms. The third kappa shape index (κ3) is 4.45. The van der Waals surface area contributed by atoms with Gasteiger partial charge in [-0.15, -0.1) is 0 Å². The van der Waals surface area contributed by atoms with Gasteiger partial charge in [0.25, 0.3) is 0 Å². The zero-order chi connectivity index (χ0) is 13.4. The van der Waals surface area contributed by atoms with Gasteiger partial charge in [-0.2, -0.15) is 0 Å². The Hall–Kier alpha value is -0.246. The van der Waals surface area contributed by atoms with Gasteiger partial charge in [-0.1, -0.05) is 27.7 Å². The number of imidazole rings is 1. The number of aryl methyl sites for hydroxylation is 1. The van der Waals surface area contributed by atoms with Crippen LogP contribution >= 0.6 is 0 Å². The summed E-state index contributed by atoms with van der Waals surface area (Å²) in [4.78, 5) is 4.51. The first-order valence-corrected chi connectivity index (χ1v) is 6.87. The molecule has 1 radical (unpaired) electrons. The van der Waals surface area contributed by atoms with E-state index in [9.17, 15) is 5.11 Å². The summed E-state index contributed by atoms with van der Waals surface area (Å²) in [6, 6.07) is 0. The Morgan fingerprint density at radius 1 is 1.28 bits per heavy atom. The van der Waals surface area contributed by atoms with Gasteiger partial charge < -0.3 is 9.67 Å². The molecule has 4 heteroatoms. The summed E-state index contributed by atoms with van der Waals surface area (Å²) in [5.74, 6) is 1.34. The average molecular weight is 291 g/mol. The Balaban J connectivity index is 0. The van der Waals surface area contributed by atoms with Gasteiger partial charge in [0.15, 0.2) is 0 Å². The number of hydrogen-bond acceptors (Lipinski definition) is 2. The van der Waals surface area contributed by atoms with Crippen molar-refractivity contribution in [1.82, 2.24) is 9.55 Å². The second-order valence-electron chi connectivity index (χ2n) is 3.82. The van der Waals surface area contributed by atoms with E-state index in [-0.39, 0.29) is 31.1 Å². The number of fused-ring (bicyclic) bond motifs is 1. The largest absolute Gasteiger partial charge is 0.396 e. The van der Waals surface area contributed by atoms with E-state index < -0.39 is 0 Å². The van der Waals surface area contributed by atoms with Crippen molar-refractivity contribution in [2.75, 3.05) is 6.61 Å². The van der Waals surface area contributed by atoms with Gasteiger partial charge in [0.1, 0.15) is 5.82 Å². The fourth-order valence-electron chi connectivity index (χ4n) is 2.13. The van der Waals surface area contributed by atoms with Crippen LogP contribution in [0.25, 0.3) is 0 Å². The summed E-state index contributed by atoms with van der Waals surface area (Å²) in [7, 11) is 2.06. The van der Waals surface area contributed by atoms with Crippen LogP contribution in [0.1, 0.15) is 63.7 Å². The maximum absolute atomic E-state index is 9.19. The van der Waals surface area contributed by atoms with Gasteiger partial charge in [0.2, 0.25) is 0 Å². The number of aromatic nitrogens is 2. The summed E-state index contributed by atoms with van der Waals surface area (Å²) in [5, 5.41) is 9.19. The van der Waals surface area contributed by atoms with Crippen LogP contribution in [0.2, 0.25) is 0 Å². The number of aliphatic hydroxyl groups is 1. The Morgan fingerprint density at radius 3 is 2.33 bits per heavy atom. The van der Waals surface area contributed by atoms with E-state index in [4.69, 9.17) is 0 Å². The molecule has 0 saturated heterocycles. The van der Waals surface area contributed by atoms with Gasteiger partial charge >= 0.3 is 0 Å². The summed E-state index contributed by atoms with van der Waals surface area (Å²) in [6.45, 7) is 10.3. The first kappa shape index (κ1) is 20.1. The van der Waals surface area contributed by atoms with Crippen molar-refractivity contribution in [3.63, 3.8) is 0 Å². The quantitative estimate of drug-likeness (QED) is 0.863. The predicted molar refractivity (Wildman–Crippen MR) is 73.4 cm³/mol. The van der Waals surface area contributed by atoms with Crippen LogP contribution in [-0.4, -0.2) is 21.3 Å². The van der Waals surface area contributed by atoms with Crippen molar-refractivity contribution in [3.05, 3.63) is 17.2 Å². The molecule has 1 unspecified atom stereocenters. The molecule has 1 aliphatic rings. The molecule has 1 aromatic rings. The summed E-state index contributed by atoms with van der Waals surface area (Å²) in [6.07, 6.45) is 3.38. The van der Waals surface area contributed by atoms with Crippen molar-refractivity contribution < 1.29 is 23.7 Å². The van der Waals surface area contributed by atoms with Crippen LogP contribution < -0.4 is 0 Å². The van der Waals surface area contributed by atoms with Crippen LogP contribution in [-0.2, 0) is 32.0 Å². The molecule has 1 aromatic heterocycles. The van der Waals surface area contributed by atoms with Crippen molar-refractivity contribution >= 4 is 0 Å². The zero-order valence-corrected chi connectivity index (χ0v) is 14.1. The van der Waals surface area contributed by atoms with Crippen LogP contribution in [0.15, 0.2) is 0 Å². The first-order chi connectivity index (χ1) is 8.24. The molecule has 1 atom stereocenters. The molecule has 18 heavy (non-hydrogen) atoms. The third-order valence-electron chi connectivity index (χ3n) is 3.04. The van der Waals surface area contributed by atoms with Gasteiger partial charge in [-0.25, -0.2) is 4.98 Å². The molecule has 0 spiro atoms. The van der Waals surface area contributed by atoms with Crippen LogP contribution in [0, 0.1) is 6.92 Å². The van der Waals surface area contributed by atoms with E-state index in [2.05, 4.69) is 16.6 Å². The second kappa shape index (κ2) is 10.7. The topological polar surface area (TPSA) is 38.0 Å². The van der Waals surface area contributed by atoms with Crippen molar-refractivity contribution in [2.24, 2.45) is 7.05 Å². The number of nitrogens with zero attached hydrogens (tertiary/aromatic N) is 2. The molecule has 105 valence electrons. The van der Waals surface area contributed by atoms with E-state index in [1.165, 1.54) is 12.1 Å². The van der Waals surface area contributed by atoms with E-state index in [0.29, 0.717) is 0 Å². The first-order valence-electron chi connectivity index (χ1n) is 6.87. The maximum atomic E-state index is 9.19. The normalized spacial score (nSPS) is 16.3. The van der Waals surface area contributed by atoms with E-state index in [0.717, 1.165) is 24.4 Å². The minimum Gasteiger partial charge on any atom is -0.396 e. The minimum absolute atomic E-state index is 0. The molecule has 0 fully saturated rings. The molecule has 3 nitrogen and oxygen atoms in total. The zero-order valence-electron chi connectivity index (χ0n) is 12.7. The van der Waals surface area contributed by atoms with Crippen LogP contribution in [0.3, 0.4) is 0 Å².